The van der Waals surface area contributed by atoms with Crippen LogP contribution in [0.1, 0.15) is 41.9 Å². The summed E-state index contributed by atoms with van der Waals surface area (Å²) in [5, 5.41) is 10.4. The fraction of sp³-hybridized carbons (Fsp3) is 0.381. The molecule has 26 heavy (non-hydrogen) atoms. The van der Waals surface area contributed by atoms with Crippen molar-refractivity contribution >= 4 is 11.9 Å². The Labute approximate surface area is 152 Å². The summed E-state index contributed by atoms with van der Waals surface area (Å²) in [6, 6.07) is 6.77. The van der Waals surface area contributed by atoms with Crippen molar-refractivity contribution < 1.29 is 24.0 Å². The first-order valence-corrected chi connectivity index (χ1v) is 9.17. The topological polar surface area (TPSA) is 64.1 Å². The van der Waals surface area contributed by atoms with Crippen molar-refractivity contribution in [1.29, 1.82) is 0 Å². The monoisotopic (exact) mass is 354 g/mol. The molecule has 2 aliphatic heterocycles. The number of carbonyl (C=O) groups is 1. The van der Waals surface area contributed by atoms with Gasteiger partial charge < -0.3 is 19.2 Å². The predicted molar refractivity (Wildman–Crippen MR) is 97.1 cm³/mol. The van der Waals surface area contributed by atoms with Crippen LogP contribution >= 0.6 is 0 Å². The van der Waals surface area contributed by atoms with Crippen molar-refractivity contribution in [2.75, 3.05) is 13.1 Å². The van der Waals surface area contributed by atoms with Crippen molar-refractivity contribution in [2.45, 2.75) is 26.8 Å². The maximum Gasteiger partial charge on any atom is 0.232 e. The van der Waals surface area contributed by atoms with Crippen LogP contribution in [0.5, 0.6) is 11.5 Å². The first-order chi connectivity index (χ1) is 12.5. The van der Waals surface area contributed by atoms with E-state index < -0.39 is 0 Å². The van der Waals surface area contributed by atoms with E-state index in [1.54, 1.807) is 36.6 Å². The molecule has 0 bridgehead atoms. The van der Waals surface area contributed by atoms with Gasteiger partial charge in [0.1, 0.15) is 18.1 Å². The quantitative estimate of drug-likeness (QED) is 0.832. The third-order valence-electron chi connectivity index (χ3n) is 5.24. The fourth-order valence-electron chi connectivity index (χ4n) is 4.29. The molecule has 5 heteroatoms. The summed E-state index contributed by atoms with van der Waals surface area (Å²) in [4.78, 5) is 14.1. The average Bonchev–Trinajstić information content (AvgIpc) is 3.19. The molecule has 3 heterocycles. The number of ketones is 1. The molecule has 1 unspecified atom stereocenters. The number of hydrogen-bond donors (Lipinski definition) is 2. The van der Waals surface area contributed by atoms with Gasteiger partial charge in [-0.2, -0.15) is 0 Å². The van der Waals surface area contributed by atoms with Crippen LogP contribution in [0.4, 0.5) is 0 Å². The first kappa shape index (κ1) is 16.9. The molecule has 1 aromatic carbocycles. The number of rotatable bonds is 3. The van der Waals surface area contributed by atoms with Gasteiger partial charge in [-0.25, -0.2) is 0 Å². The fourth-order valence-corrected chi connectivity index (χ4v) is 4.29. The van der Waals surface area contributed by atoms with Crippen LogP contribution in [0.15, 0.2) is 40.7 Å². The van der Waals surface area contributed by atoms with E-state index in [-0.39, 0.29) is 17.3 Å². The maximum atomic E-state index is 12.7. The Morgan fingerprint density at radius 2 is 2.00 bits per heavy atom. The summed E-state index contributed by atoms with van der Waals surface area (Å²) in [6.45, 7) is 7.34. The normalized spacial score (nSPS) is 26.8. The second kappa shape index (κ2) is 6.65. The number of hydrogen-bond acceptors (Lipinski definition) is 4. The van der Waals surface area contributed by atoms with Crippen LogP contribution in [-0.2, 0) is 6.54 Å². The number of Topliss-reactive ketones (excluding diaryl/α,β-unsaturated/α-hetero) is 1. The van der Waals surface area contributed by atoms with Crippen molar-refractivity contribution in [2.24, 2.45) is 11.8 Å². The van der Waals surface area contributed by atoms with E-state index in [4.69, 9.17) is 9.15 Å². The van der Waals surface area contributed by atoms with Gasteiger partial charge in [0.25, 0.3) is 0 Å². The van der Waals surface area contributed by atoms with Crippen molar-refractivity contribution in [3.63, 3.8) is 0 Å². The molecule has 0 aliphatic carbocycles. The SMILES string of the molecule is C[C@@H]1C[C@H](C)C[NH+](Cc2c(O)ccc3c2O/C(=C\c2ccco2)C3=O)C1. The predicted octanol–water partition coefficient (Wildman–Crippen LogP) is 2.66. The third-order valence-corrected chi connectivity index (χ3v) is 5.24. The van der Waals surface area contributed by atoms with Gasteiger partial charge in [0.2, 0.25) is 5.78 Å². The number of ether oxygens (including phenoxy) is 1. The van der Waals surface area contributed by atoms with Crippen LogP contribution in [0, 0.1) is 11.8 Å². The average molecular weight is 354 g/mol. The zero-order valence-corrected chi connectivity index (χ0v) is 15.1. The van der Waals surface area contributed by atoms with E-state index in [9.17, 15) is 9.90 Å². The molecule has 0 amide bonds. The molecule has 0 saturated carbocycles. The van der Waals surface area contributed by atoms with Gasteiger partial charge in [-0.05, 0) is 30.7 Å². The Kier molecular flexibility index (Phi) is 4.32. The minimum atomic E-state index is -0.173. The van der Waals surface area contributed by atoms with Crippen LogP contribution in [-0.4, -0.2) is 24.0 Å². The lowest BCUT2D eigenvalue weighted by molar-refractivity contribution is -0.925. The zero-order chi connectivity index (χ0) is 18.3. The molecule has 4 rings (SSSR count). The number of allylic oxidation sites excluding steroid dienone is 1. The minimum Gasteiger partial charge on any atom is -0.507 e. The highest BCUT2D eigenvalue weighted by Crippen LogP contribution is 2.39. The second-order valence-electron chi connectivity index (χ2n) is 7.68. The summed E-state index contributed by atoms with van der Waals surface area (Å²) in [5.41, 5.74) is 1.23. The Balaban J connectivity index is 1.64. The highest BCUT2D eigenvalue weighted by Gasteiger charge is 2.34. The lowest BCUT2D eigenvalue weighted by Crippen LogP contribution is -3.13. The molecule has 136 valence electrons. The number of benzene rings is 1. The summed E-state index contributed by atoms with van der Waals surface area (Å²) in [7, 11) is 0. The Bertz CT molecular complexity index is 843. The summed E-state index contributed by atoms with van der Waals surface area (Å²) in [5.74, 6) is 2.62. The number of aromatic hydroxyl groups is 1. The van der Waals surface area contributed by atoms with Crippen LogP contribution in [0.25, 0.3) is 6.08 Å². The number of carbonyl (C=O) groups excluding carboxylic acids is 1. The number of likely N-dealkylation sites (tertiary alicyclic amines) is 1. The number of phenolic OH excluding ortho intramolecular Hbond substituents is 1. The van der Waals surface area contributed by atoms with Crippen molar-refractivity contribution in [3.8, 4) is 11.5 Å². The highest BCUT2D eigenvalue weighted by molar-refractivity contribution is 6.14. The molecule has 0 spiro atoms. The lowest BCUT2D eigenvalue weighted by atomic mass is 9.91. The Hall–Kier alpha value is -2.53. The van der Waals surface area contributed by atoms with Crippen LogP contribution < -0.4 is 9.64 Å². The number of quaternary nitrogens is 1. The van der Waals surface area contributed by atoms with Gasteiger partial charge in [-0.1, -0.05) is 13.8 Å². The van der Waals surface area contributed by atoms with Gasteiger partial charge in [0, 0.05) is 17.9 Å². The molecule has 5 nitrogen and oxygen atoms in total. The lowest BCUT2D eigenvalue weighted by Gasteiger charge is -2.32. The smallest absolute Gasteiger partial charge is 0.232 e. The van der Waals surface area contributed by atoms with Gasteiger partial charge in [0.05, 0.1) is 30.5 Å². The number of furan rings is 1. The van der Waals surface area contributed by atoms with E-state index in [1.807, 2.05) is 0 Å². The van der Waals surface area contributed by atoms with E-state index in [1.165, 1.54) is 11.3 Å². The molecule has 1 fully saturated rings. The van der Waals surface area contributed by atoms with E-state index in [0.717, 1.165) is 18.7 Å². The van der Waals surface area contributed by atoms with Crippen LogP contribution in [0.2, 0.25) is 0 Å². The Morgan fingerprint density at radius 1 is 1.23 bits per heavy atom. The summed E-state index contributed by atoms with van der Waals surface area (Å²) in [6.07, 6.45) is 4.40. The number of nitrogens with one attached hydrogen (secondary N) is 1. The number of phenols is 1. The van der Waals surface area contributed by atoms with E-state index in [2.05, 4.69) is 13.8 Å². The second-order valence-corrected chi connectivity index (χ2v) is 7.68. The highest BCUT2D eigenvalue weighted by atomic mass is 16.5. The largest absolute Gasteiger partial charge is 0.507 e. The van der Waals surface area contributed by atoms with E-state index >= 15 is 0 Å². The van der Waals surface area contributed by atoms with Crippen molar-refractivity contribution in [3.05, 3.63) is 53.2 Å². The molecular formula is C21H24NO4+. The van der Waals surface area contributed by atoms with Gasteiger partial charge >= 0.3 is 0 Å². The molecule has 1 saturated heterocycles. The number of piperidine rings is 1. The van der Waals surface area contributed by atoms with Crippen LogP contribution in [0.3, 0.4) is 0 Å². The molecule has 1 aromatic heterocycles. The maximum absolute atomic E-state index is 12.7. The zero-order valence-electron chi connectivity index (χ0n) is 15.1. The molecule has 0 radical (unpaired) electrons. The molecular weight excluding hydrogens is 330 g/mol. The van der Waals surface area contributed by atoms with Crippen molar-refractivity contribution in [1.82, 2.24) is 0 Å². The first-order valence-electron chi connectivity index (χ1n) is 9.17. The molecule has 2 aromatic rings. The molecule has 2 aliphatic rings. The third kappa shape index (κ3) is 3.15. The van der Waals surface area contributed by atoms with Gasteiger partial charge in [-0.3, -0.25) is 4.79 Å². The van der Waals surface area contributed by atoms with Gasteiger partial charge in [-0.15, -0.1) is 0 Å². The van der Waals surface area contributed by atoms with Gasteiger partial charge in [0.15, 0.2) is 11.5 Å². The molecule has 3 atom stereocenters. The Morgan fingerprint density at radius 3 is 2.69 bits per heavy atom. The minimum absolute atomic E-state index is 0.173. The summed E-state index contributed by atoms with van der Waals surface area (Å²) < 4.78 is 11.2. The summed E-state index contributed by atoms with van der Waals surface area (Å²) >= 11 is 0. The number of fused-ring (bicyclic) bond motifs is 1. The standard InChI is InChI=1S/C21H23NO4/c1-13-8-14(2)11-22(10-13)12-17-18(23)6-5-16-20(24)19(26-21(16)17)9-15-4-3-7-25-15/h3-7,9,13-14,23H,8,10-12H2,1-2H3/p+1/b19-9-/t13-,14+. The molecule has 2 N–H and O–H groups in total. The van der Waals surface area contributed by atoms with E-state index in [0.29, 0.717) is 35.5 Å².